The van der Waals surface area contributed by atoms with Crippen molar-refractivity contribution in [1.82, 2.24) is 14.8 Å². The monoisotopic (exact) mass is 518 g/mol. The first kappa shape index (κ1) is 24.7. The molecule has 0 radical (unpaired) electrons. The molecule has 0 aliphatic heterocycles. The van der Waals surface area contributed by atoms with E-state index in [0.29, 0.717) is 25.0 Å². The molecule has 0 atom stereocenters. The molecule has 28 heavy (non-hydrogen) atoms. The zero-order valence-electron chi connectivity index (χ0n) is 17.0. The van der Waals surface area contributed by atoms with Gasteiger partial charge in [-0.15, -0.1) is 34.2 Å². The van der Waals surface area contributed by atoms with Crippen molar-refractivity contribution >= 4 is 47.4 Å². The number of aromatic nitrogens is 3. The van der Waals surface area contributed by atoms with Crippen molar-refractivity contribution in [3.63, 3.8) is 0 Å². The Morgan fingerprint density at radius 2 is 2.07 bits per heavy atom. The third kappa shape index (κ3) is 7.59. The number of nitrogens with zero attached hydrogens (tertiary/aromatic N) is 4. The van der Waals surface area contributed by atoms with Crippen molar-refractivity contribution in [2.45, 2.75) is 45.0 Å². The molecule has 1 aromatic carbocycles. The van der Waals surface area contributed by atoms with Crippen molar-refractivity contribution < 1.29 is 4.74 Å². The quantitative estimate of drug-likeness (QED) is 0.164. The summed E-state index contributed by atoms with van der Waals surface area (Å²) in [5.41, 5.74) is 8.00. The second-order valence-electron chi connectivity index (χ2n) is 6.69. The number of ether oxygens (including phenoxy) is 1. The van der Waals surface area contributed by atoms with Crippen molar-refractivity contribution in [1.29, 1.82) is 0 Å². The molecule has 9 heteroatoms. The fourth-order valence-corrected chi connectivity index (χ4v) is 3.26. The van der Waals surface area contributed by atoms with Gasteiger partial charge in [-0.05, 0) is 24.7 Å². The van der Waals surface area contributed by atoms with Crippen molar-refractivity contribution in [2.75, 3.05) is 25.2 Å². The van der Waals surface area contributed by atoms with E-state index in [2.05, 4.69) is 38.9 Å². The molecule has 0 aliphatic rings. The smallest absolute Gasteiger partial charge is 0.193 e. The molecule has 1 heterocycles. The van der Waals surface area contributed by atoms with Gasteiger partial charge in [-0.2, -0.15) is 0 Å². The van der Waals surface area contributed by atoms with Crippen molar-refractivity contribution in [2.24, 2.45) is 16.6 Å². The highest BCUT2D eigenvalue weighted by Gasteiger charge is 2.12. The zero-order valence-corrected chi connectivity index (χ0v) is 20.2. The second kappa shape index (κ2) is 13.0. The van der Waals surface area contributed by atoms with E-state index in [-0.39, 0.29) is 24.0 Å². The number of aryl methyl sites for hydroxylation is 1. The number of methoxy groups -OCH3 is 1. The van der Waals surface area contributed by atoms with Gasteiger partial charge in [-0.3, -0.25) is 4.99 Å². The Morgan fingerprint density at radius 1 is 1.32 bits per heavy atom. The van der Waals surface area contributed by atoms with Crippen LogP contribution in [0, 0.1) is 5.92 Å². The number of anilines is 1. The van der Waals surface area contributed by atoms with Crippen LogP contribution in [0.25, 0.3) is 0 Å². The molecule has 0 saturated heterocycles. The van der Waals surface area contributed by atoms with E-state index in [1.807, 2.05) is 30.5 Å². The first-order chi connectivity index (χ1) is 13.0. The SMILES string of the molecule is COCc1ccccc1NC(N)=NCCCc1nnc(SC)n1CC(C)C.I. The number of aliphatic imine (C=N–C) groups is 1. The Bertz CT molecular complexity index is 750. The molecule has 2 aromatic rings. The Balaban J connectivity index is 0.00000392. The van der Waals surface area contributed by atoms with E-state index in [0.717, 1.165) is 41.6 Å². The highest BCUT2D eigenvalue weighted by molar-refractivity contribution is 14.0. The summed E-state index contributed by atoms with van der Waals surface area (Å²) >= 11 is 1.63. The number of hydrogen-bond donors (Lipinski definition) is 2. The number of guanidine groups is 1. The lowest BCUT2D eigenvalue weighted by Gasteiger charge is -2.12. The van der Waals surface area contributed by atoms with Gasteiger partial charge in [-0.25, -0.2) is 0 Å². The lowest BCUT2D eigenvalue weighted by atomic mass is 10.2. The van der Waals surface area contributed by atoms with Crippen LogP contribution in [0.15, 0.2) is 34.4 Å². The number of halogens is 1. The van der Waals surface area contributed by atoms with E-state index >= 15 is 0 Å². The molecular formula is C19H31IN6OS. The van der Waals surface area contributed by atoms with E-state index in [9.17, 15) is 0 Å². The van der Waals surface area contributed by atoms with E-state index in [4.69, 9.17) is 10.5 Å². The van der Waals surface area contributed by atoms with Gasteiger partial charge in [0.1, 0.15) is 5.82 Å². The molecule has 0 aliphatic carbocycles. The standard InChI is InChI=1S/C19H30N6OS.HI/c1-14(2)12-25-17(23-24-19(25)27-4)10-7-11-21-18(20)22-16-9-6-5-8-15(16)13-26-3;/h5-6,8-9,14H,7,10-13H2,1-4H3,(H3,20,21,22);1H. The van der Waals surface area contributed by atoms with Gasteiger partial charge in [0.2, 0.25) is 0 Å². The van der Waals surface area contributed by atoms with Crippen LogP contribution < -0.4 is 11.1 Å². The second-order valence-corrected chi connectivity index (χ2v) is 7.47. The fourth-order valence-electron chi connectivity index (χ4n) is 2.74. The van der Waals surface area contributed by atoms with Crippen molar-refractivity contribution in [3.8, 4) is 0 Å². The average molecular weight is 518 g/mol. The number of nitrogens with two attached hydrogens (primary N) is 1. The minimum atomic E-state index is 0. The molecule has 0 amide bonds. The number of nitrogens with one attached hydrogen (secondary N) is 1. The lowest BCUT2D eigenvalue weighted by molar-refractivity contribution is 0.185. The Morgan fingerprint density at radius 3 is 2.75 bits per heavy atom. The van der Waals surface area contributed by atoms with Gasteiger partial charge >= 0.3 is 0 Å². The first-order valence-corrected chi connectivity index (χ1v) is 10.4. The number of para-hydroxylation sites is 1. The molecule has 0 unspecified atom stereocenters. The predicted molar refractivity (Wildman–Crippen MR) is 128 cm³/mol. The molecule has 0 bridgehead atoms. The van der Waals surface area contributed by atoms with E-state index in [1.165, 1.54) is 0 Å². The molecule has 1 aromatic heterocycles. The van der Waals surface area contributed by atoms with Gasteiger partial charge in [0.25, 0.3) is 0 Å². The van der Waals surface area contributed by atoms with Crippen molar-refractivity contribution in [3.05, 3.63) is 35.7 Å². The Labute approximate surface area is 188 Å². The topological polar surface area (TPSA) is 90.3 Å². The Kier molecular flexibility index (Phi) is 11.5. The zero-order chi connectivity index (χ0) is 19.6. The van der Waals surface area contributed by atoms with Crippen LogP contribution in [-0.4, -0.2) is 40.6 Å². The third-order valence-corrected chi connectivity index (χ3v) is 4.61. The maximum atomic E-state index is 6.03. The molecule has 2 rings (SSSR count). The molecule has 0 fully saturated rings. The van der Waals surface area contributed by atoms with Crippen LogP contribution in [0.4, 0.5) is 5.69 Å². The van der Waals surface area contributed by atoms with Crippen LogP contribution in [0.1, 0.15) is 31.7 Å². The maximum absolute atomic E-state index is 6.03. The van der Waals surface area contributed by atoms with Crippen LogP contribution in [0.3, 0.4) is 0 Å². The number of benzene rings is 1. The molecule has 7 nitrogen and oxygen atoms in total. The summed E-state index contributed by atoms with van der Waals surface area (Å²) in [6.45, 7) is 6.49. The fraction of sp³-hybridized carbons (Fsp3) is 0.526. The number of hydrogen-bond acceptors (Lipinski definition) is 5. The number of thioether (sulfide) groups is 1. The highest BCUT2D eigenvalue weighted by atomic mass is 127. The normalized spacial score (nSPS) is 11.5. The van der Waals surface area contributed by atoms with Gasteiger partial charge in [0, 0.05) is 37.9 Å². The molecular weight excluding hydrogens is 487 g/mol. The predicted octanol–water partition coefficient (Wildman–Crippen LogP) is 3.78. The summed E-state index contributed by atoms with van der Waals surface area (Å²) in [7, 11) is 1.68. The Hall–Kier alpha value is -1.33. The summed E-state index contributed by atoms with van der Waals surface area (Å²) in [6.07, 6.45) is 3.73. The van der Waals surface area contributed by atoms with Crippen LogP contribution >= 0.6 is 35.7 Å². The highest BCUT2D eigenvalue weighted by Crippen LogP contribution is 2.17. The van der Waals surface area contributed by atoms with E-state index < -0.39 is 0 Å². The summed E-state index contributed by atoms with van der Waals surface area (Å²) in [5.74, 6) is 1.97. The van der Waals surface area contributed by atoms with E-state index in [1.54, 1.807) is 18.9 Å². The third-order valence-electron chi connectivity index (χ3n) is 3.94. The minimum absolute atomic E-state index is 0. The lowest BCUT2D eigenvalue weighted by Crippen LogP contribution is -2.23. The maximum Gasteiger partial charge on any atom is 0.193 e. The summed E-state index contributed by atoms with van der Waals surface area (Å²) in [5, 5.41) is 12.7. The first-order valence-electron chi connectivity index (χ1n) is 9.15. The molecule has 3 N–H and O–H groups in total. The van der Waals surface area contributed by atoms with Gasteiger partial charge in [0.05, 0.1) is 6.61 Å². The average Bonchev–Trinajstić information content (AvgIpc) is 3.01. The molecule has 0 saturated carbocycles. The number of rotatable bonds is 10. The summed E-state index contributed by atoms with van der Waals surface area (Å²) in [6, 6.07) is 7.90. The van der Waals surface area contributed by atoms with Crippen LogP contribution in [0.5, 0.6) is 0 Å². The minimum Gasteiger partial charge on any atom is -0.380 e. The summed E-state index contributed by atoms with van der Waals surface area (Å²) in [4.78, 5) is 4.43. The van der Waals surface area contributed by atoms with Crippen LogP contribution in [0.2, 0.25) is 0 Å². The summed E-state index contributed by atoms with van der Waals surface area (Å²) < 4.78 is 7.42. The van der Waals surface area contributed by atoms with Crippen LogP contribution in [-0.2, 0) is 24.3 Å². The van der Waals surface area contributed by atoms with Gasteiger partial charge in [-0.1, -0.05) is 43.8 Å². The van der Waals surface area contributed by atoms with Gasteiger partial charge in [0.15, 0.2) is 11.1 Å². The molecule has 156 valence electrons. The largest absolute Gasteiger partial charge is 0.380 e. The molecule has 0 spiro atoms. The van der Waals surface area contributed by atoms with Gasteiger partial charge < -0.3 is 20.4 Å².